The molecule has 0 aliphatic heterocycles. The van der Waals surface area contributed by atoms with Crippen LogP contribution in [0.3, 0.4) is 0 Å². The van der Waals surface area contributed by atoms with Crippen molar-refractivity contribution in [2.75, 3.05) is 0 Å². The summed E-state index contributed by atoms with van der Waals surface area (Å²) in [6.07, 6.45) is 0.148. The Bertz CT molecular complexity index is 599. The molecule has 0 saturated carbocycles. The molecule has 0 amide bonds. The van der Waals surface area contributed by atoms with E-state index in [0.717, 1.165) is 17.0 Å². The number of benzene rings is 1. The molecule has 2 aromatic rings. The van der Waals surface area contributed by atoms with Gasteiger partial charge in [0.1, 0.15) is 0 Å². The summed E-state index contributed by atoms with van der Waals surface area (Å²) in [5.74, 6) is 0. The van der Waals surface area contributed by atoms with Gasteiger partial charge in [-0.2, -0.15) is 5.10 Å². The molecule has 1 aromatic heterocycles. The highest BCUT2D eigenvalue weighted by molar-refractivity contribution is 5.34. The van der Waals surface area contributed by atoms with E-state index in [9.17, 15) is 5.11 Å². The summed E-state index contributed by atoms with van der Waals surface area (Å²) in [6, 6.07) is 6.37. The van der Waals surface area contributed by atoms with Gasteiger partial charge < -0.3 is 5.11 Å². The second-order valence-corrected chi connectivity index (χ2v) is 5.36. The zero-order chi connectivity index (χ0) is 14.2. The molecule has 1 N–H and O–H groups in total. The first kappa shape index (κ1) is 13.8. The van der Waals surface area contributed by atoms with Crippen molar-refractivity contribution in [3.05, 3.63) is 51.8 Å². The summed E-state index contributed by atoms with van der Waals surface area (Å²) in [5.41, 5.74) is 6.57. The van der Waals surface area contributed by atoms with Gasteiger partial charge in [0.15, 0.2) is 0 Å². The molecule has 1 atom stereocenters. The van der Waals surface area contributed by atoms with Crippen LogP contribution in [0.1, 0.15) is 39.7 Å². The van der Waals surface area contributed by atoms with Crippen molar-refractivity contribution in [3.8, 4) is 0 Å². The van der Waals surface area contributed by atoms with Crippen LogP contribution in [0.2, 0.25) is 0 Å². The van der Waals surface area contributed by atoms with Crippen molar-refractivity contribution in [2.24, 2.45) is 7.05 Å². The Hall–Kier alpha value is -1.61. The zero-order valence-electron chi connectivity index (χ0n) is 12.4. The fourth-order valence-corrected chi connectivity index (χ4v) is 2.60. The second-order valence-electron chi connectivity index (χ2n) is 5.36. The fourth-order valence-electron chi connectivity index (χ4n) is 2.60. The minimum atomic E-state index is -0.491. The second kappa shape index (κ2) is 5.17. The van der Waals surface area contributed by atoms with E-state index < -0.39 is 6.10 Å². The molecule has 0 radical (unpaired) electrons. The summed E-state index contributed by atoms with van der Waals surface area (Å²) in [4.78, 5) is 0. The fraction of sp³-hybridized carbons (Fsp3) is 0.438. The summed E-state index contributed by atoms with van der Waals surface area (Å²) >= 11 is 0. The minimum Gasteiger partial charge on any atom is -0.388 e. The van der Waals surface area contributed by atoms with Gasteiger partial charge in [-0.25, -0.2) is 0 Å². The SMILES string of the molecule is Cc1ccc(C)c(CC(O)c2c(C)nn(C)c2C)c1. The van der Waals surface area contributed by atoms with Gasteiger partial charge in [-0.3, -0.25) is 4.68 Å². The van der Waals surface area contributed by atoms with E-state index >= 15 is 0 Å². The molecule has 1 unspecified atom stereocenters. The number of hydrogen-bond donors (Lipinski definition) is 1. The van der Waals surface area contributed by atoms with Crippen LogP contribution < -0.4 is 0 Å². The van der Waals surface area contributed by atoms with Gasteiger partial charge in [-0.1, -0.05) is 23.8 Å². The molecule has 102 valence electrons. The van der Waals surface area contributed by atoms with Gasteiger partial charge in [-0.15, -0.1) is 0 Å². The number of aromatic nitrogens is 2. The number of rotatable bonds is 3. The van der Waals surface area contributed by atoms with Crippen LogP contribution in [0.15, 0.2) is 18.2 Å². The monoisotopic (exact) mass is 258 g/mol. The largest absolute Gasteiger partial charge is 0.388 e. The normalized spacial score (nSPS) is 12.7. The van der Waals surface area contributed by atoms with Crippen molar-refractivity contribution >= 4 is 0 Å². The van der Waals surface area contributed by atoms with E-state index in [1.807, 2.05) is 25.6 Å². The van der Waals surface area contributed by atoms with E-state index in [-0.39, 0.29) is 0 Å². The molecule has 0 fully saturated rings. The lowest BCUT2D eigenvalue weighted by atomic mass is 9.96. The Labute approximate surface area is 114 Å². The molecule has 0 bridgehead atoms. The van der Waals surface area contributed by atoms with Gasteiger partial charge >= 0.3 is 0 Å². The van der Waals surface area contributed by atoms with Crippen LogP contribution in [0, 0.1) is 27.7 Å². The van der Waals surface area contributed by atoms with Crippen molar-refractivity contribution in [1.82, 2.24) is 9.78 Å². The molecule has 0 spiro atoms. The van der Waals surface area contributed by atoms with Crippen LogP contribution in [-0.4, -0.2) is 14.9 Å². The predicted molar refractivity (Wildman–Crippen MR) is 77.3 cm³/mol. The topological polar surface area (TPSA) is 38.1 Å². The first-order valence-electron chi connectivity index (χ1n) is 6.64. The highest BCUT2D eigenvalue weighted by Gasteiger charge is 2.18. The molecule has 1 heterocycles. The highest BCUT2D eigenvalue weighted by Crippen LogP contribution is 2.25. The van der Waals surface area contributed by atoms with E-state index in [1.165, 1.54) is 16.7 Å². The lowest BCUT2D eigenvalue weighted by Crippen LogP contribution is -2.06. The Morgan fingerprint density at radius 3 is 2.47 bits per heavy atom. The maximum absolute atomic E-state index is 10.5. The predicted octanol–water partition coefficient (Wildman–Crippen LogP) is 2.93. The molecule has 0 aliphatic carbocycles. The number of aryl methyl sites for hydroxylation is 4. The Kier molecular flexibility index (Phi) is 3.76. The van der Waals surface area contributed by atoms with Crippen molar-refractivity contribution in [3.63, 3.8) is 0 Å². The first-order valence-corrected chi connectivity index (χ1v) is 6.64. The van der Waals surface area contributed by atoms with Crippen LogP contribution in [0.5, 0.6) is 0 Å². The Morgan fingerprint density at radius 2 is 1.89 bits per heavy atom. The van der Waals surface area contributed by atoms with Crippen LogP contribution >= 0.6 is 0 Å². The van der Waals surface area contributed by atoms with Gasteiger partial charge in [-0.05, 0) is 38.8 Å². The molecular formula is C16H22N2O. The van der Waals surface area contributed by atoms with Crippen molar-refractivity contribution < 1.29 is 5.11 Å². The molecule has 3 nitrogen and oxygen atoms in total. The third kappa shape index (κ3) is 2.71. The molecule has 1 aromatic carbocycles. The quantitative estimate of drug-likeness (QED) is 0.919. The average Bonchev–Trinajstić information content (AvgIpc) is 2.58. The van der Waals surface area contributed by atoms with Gasteiger partial charge in [0.25, 0.3) is 0 Å². The molecule has 0 saturated heterocycles. The summed E-state index contributed by atoms with van der Waals surface area (Å²) in [6.45, 7) is 8.12. The average molecular weight is 258 g/mol. The van der Waals surface area contributed by atoms with Crippen molar-refractivity contribution in [2.45, 2.75) is 40.2 Å². The number of aliphatic hydroxyl groups excluding tert-OH is 1. The van der Waals surface area contributed by atoms with Crippen LogP contribution in [0.25, 0.3) is 0 Å². The molecule has 2 rings (SSSR count). The molecule has 19 heavy (non-hydrogen) atoms. The maximum atomic E-state index is 10.5. The Morgan fingerprint density at radius 1 is 1.21 bits per heavy atom. The van der Waals surface area contributed by atoms with E-state index in [2.05, 4.69) is 37.1 Å². The lowest BCUT2D eigenvalue weighted by Gasteiger charge is -2.14. The van der Waals surface area contributed by atoms with Crippen molar-refractivity contribution in [1.29, 1.82) is 0 Å². The third-order valence-electron chi connectivity index (χ3n) is 3.82. The zero-order valence-corrected chi connectivity index (χ0v) is 12.4. The van der Waals surface area contributed by atoms with Gasteiger partial charge in [0.05, 0.1) is 11.8 Å². The molecule has 3 heteroatoms. The summed E-state index contributed by atoms with van der Waals surface area (Å²) < 4.78 is 1.83. The van der Waals surface area contributed by atoms with E-state index in [0.29, 0.717) is 6.42 Å². The van der Waals surface area contributed by atoms with Crippen LogP contribution in [0.4, 0.5) is 0 Å². The number of nitrogens with zero attached hydrogens (tertiary/aromatic N) is 2. The smallest absolute Gasteiger partial charge is 0.0866 e. The van der Waals surface area contributed by atoms with Gasteiger partial charge in [0, 0.05) is 24.7 Å². The number of aliphatic hydroxyl groups is 1. The van der Waals surface area contributed by atoms with Gasteiger partial charge in [0.2, 0.25) is 0 Å². The highest BCUT2D eigenvalue weighted by atomic mass is 16.3. The van der Waals surface area contributed by atoms with E-state index in [1.54, 1.807) is 0 Å². The minimum absolute atomic E-state index is 0.491. The number of hydrogen-bond acceptors (Lipinski definition) is 2. The first-order chi connectivity index (χ1) is 8.90. The summed E-state index contributed by atoms with van der Waals surface area (Å²) in [5, 5.41) is 14.9. The molecular weight excluding hydrogens is 236 g/mol. The standard InChI is InChI=1S/C16H22N2O/c1-10-6-7-11(2)14(8-10)9-15(19)16-12(3)17-18(5)13(16)4/h6-8,15,19H,9H2,1-5H3. The maximum Gasteiger partial charge on any atom is 0.0866 e. The van der Waals surface area contributed by atoms with Crippen LogP contribution in [-0.2, 0) is 13.5 Å². The van der Waals surface area contributed by atoms with E-state index in [4.69, 9.17) is 0 Å². The third-order valence-corrected chi connectivity index (χ3v) is 3.82. The molecule has 0 aliphatic rings. The Balaban J connectivity index is 2.30. The summed E-state index contributed by atoms with van der Waals surface area (Å²) in [7, 11) is 1.91. The lowest BCUT2D eigenvalue weighted by molar-refractivity contribution is 0.176.